The molecule has 0 aliphatic carbocycles. The zero-order valence-corrected chi connectivity index (χ0v) is 10.9. The maximum atomic E-state index is 11.0. The third kappa shape index (κ3) is 2.75. The van der Waals surface area contributed by atoms with E-state index in [2.05, 4.69) is 10.4 Å². The van der Waals surface area contributed by atoms with Crippen molar-refractivity contribution >= 4 is 11.4 Å². The van der Waals surface area contributed by atoms with E-state index in [4.69, 9.17) is 5.26 Å². The van der Waals surface area contributed by atoms with E-state index in [1.165, 1.54) is 12.1 Å². The van der Waals surface area contributed by atoms with Gasteiger partial charge in [0.1, 0.15) is 11.8 Å². The Morgan fingerprint density at radius 3 is 2.90 bits per heavy atom. The molecule has 1 N–H and O–H groups in total. The minimum atomic E-state index is -0.506. The van der Waals surface area contributed by atoms with Gasteiger partial charge >= 0.3 is 0 Å². The number of hydrogen-bond acceptors (Lipinski definition) is 5. The van der Waals surface area contributed by atoms with Gasteiger partial charge in [0.05, 0.1) is 22.7 Å². The normalized spacial score (nSPS) is 10.0. The van der Waals surface area contributed by atoms with Crippen LogP contribution in [-0.2, 0) is 13.1 Å². The highest BCUT2D eigenvalue weighted by molar-refractivity contribution is 5.70. The van der Waals surface area contributed by atoms with Crippen LogP contribution in [0, 0.1) is 21.4 Å². The lowest BCUT2D eigenvalue weighted by Gasteiger charge is -2.07. The first-order valence-corrected chi connectivity index (χ1v) is 6.09. The van der Waals surface area contributed by atoms with Crippen molar-refractivity contribution in [1.29, 1.82) is 5.26 Å². The summed E-state index contributed by atoms with van der Waals surface area (Å²) in [4.78, 5) is 10.5. The van der Waals surface area contributed by atoms with E-state index >= 15 is 0 Å². The second-order valence-corrected chi connectivity index (χ2v) is 4.08. The predicted molar refractivity (Wildman–Crippen MR) is 73.0 cm³/mol. The molecule has 0 radical (unpaired) electrons. The molecule has 7 nitrogen and oxygen atoms in total. The number of hydrogen-bond donors (Lipinski definition) is 1. The second kappa shape index (κ2) is 5.84. The Balaban J connectivity index is 2.24. The zero-order chi connectivity index (χ0) is 14.5. The van der Waals surface area contributed by atoms with Crippen molar-refractivity contribution in [2.24, 2.45) is 0 Å². The van der Waals surface area contributed by atoms with Gasteiger partial charge in [-0.25, -0.2) is 0 Å². The van der Waals surface area contributed by atoms with Gasteiger partial charge in [-0.1, -0.05) is 6.07 Å². The van der Waals surface area contributed by atoms with Crippen molar-refractivity contribution < 1.29 is 4.92 Å². The Morgan fingerprint density at radius 1 is 1.50 bits per heavy atom. The minimum absolute atomic E-state index is 0.112. The topological polar surface area (TPSA) is 96.8 Å². The molecule has 0 amide bonds. The molecule has 0 fully saturated rings. The summed E-state index contributed by atoms with van der Waals surface area (Å²) in [5.74, 6) is 0. The maximum Gasteiger partial charge on any atom is 0.293 e. The molecule has 0 bridgehead atoms. The highest BCUT2D eigenvalue weighted by atomic mass is 16.6. The monoisotopic (exact) mass is 271 g/mol. The van der Waals surface area contributed by atoms with Crippen LogP contribution in [0.25, 0.3) is 0 Å². The van der Waals surface area contributed by atoms with Crippen molar-refractivity contribution in [2.45, 2.75) is 20.0 Å². The van der Waals surface area contributed by atoms with Crippen LogP contribution < -0.4 is 5.32 Å². The van der Waals surface area contributed by atoms with Gasteiger partial charge in [0.25, 0.3) is 5.69 Å². The summed E-state index contributed by atoms with van der Waals surface area (Å²) in [6.45, 7) is 3.06. The summed E-state index contributed by atoms with van der Waals surface area (Å²) in [5, 5.41) is 27.2. The number of anilines is 1. The van der Waals surface area contributed by atoms with Crippen LogP contribution in [-0.4, -0.2) is 14.7 Å². The number of nitro benzene ring substituents is 1. The maximum absolute atomic E-state index is 11.0. The summed E-state index contributed by atoms with van der Waals surface area (Å²) < 4.78 is 1.77. The zero-order valence-electron chi connectivity index (χ0n) is 10.9. The molecule has 1 aromatic heterocycles. The summed E-state index contributed by atoms with van der Waals surface area (Å²) in [7, 11) is 0. The average Bonchev–Trinajstić information content (AvgIpc) is 2.92. The smallest absolute Gasteiger partial charge is 0.293 e. The van der Waals surface area contributed by atoms with Crippen molar-refractivity contribution in [1.82, 2.24) is 9.78 Å². The molecule has 0 saturated heterocycles. The first kappa shape index (κ1) is 13.5. The molecule has 1 heterocycles. The first-order chi connectivity index (χ1) is 9.65. The van der Waals surface area contributed by atoms with Crippen molar-refractivity contribution in [3.05, 3.63) is 51.8 Å². The van der Waals surface area contributed by atoms with E-state index < -0.39 is 4.92 Å². The molecule has 2 rings (SSSR count). The van der Waals surface area contributed by atoms with Gasteiger partial charge in [-0.15, -0.1) is 0 Å². The van der Waals surface area contributed by atoms with E-state index in [-0.39, 0.29) is 16.9 Å². The predicted octanol–water partition coefficient (Wildman–Crippen LogP) is 2.29. The molecule has 7 heteroatoms. The van der Waals surface area contributed by atoms with Gasteiger partial charge in [-0.3, -0.25) is 14.8 Å². The third-order valence-corrected chi connectivity index (χ3v) is 2.83. The molecule has 0 atom stereocenters. The van der Waals surface area contributed by atoms with Crippen LogP contribution >= 0.6 is 0 Å². The quantitative estimate of drug-likeness (QED) is 0.664. The van der Waals surface area contributed by atoms with Crippen molar-refractivity contribution in [3.63, 3.8) is 0 Å². The van der Waals surface area contributed by atoms with E-state index in [0.29, 0.717) is 6.54 Å². The molecule has 0 aliphatic heterocycles. The van der Waals surface area contributed by atoms with Crippen molar-refractivity contribution in [2.75, 3.05) is 5.32 Å². The molecular weight excluding hydrogens is 258 g/mol. The van der Waals surface area contributed by atoms with Crippen LogP contribution in [0.5, 0.6) is 0 Å². The van der Waals surface area contributed by atoms with Crippen LogP contribution in [0.2, 0.25) is 0 Å². The summed E-state index contributed by atoms with van der Waals surface area (Å²) in [5.41, 5.74) is 1.12. The number of nitriles is 1. The highest BCUT2D eigenvalue weighted by Gasteiger charge is 2.17. The Labute approximate surface area is 115 Å². The van der Waals surface area contributed by atoms with E-state index in [1.54, 1.807) is 10.7 Å². The van der Waals surface area contributed by atoms with E-state index in [0.717, 1.165) is 12.2 Å². The lowest BCUT2D eigenvalue weighted by atomic mass is 10.1. The average molecular weight is 271 g/mol. The lowest BCUT2D eigenvalue weighted by Crippen LogP contribution is -2.06. The molecule has 0 aliphatic rings. The molecule has 0 unspecified atom stereocenters. The van der Waals surface area contributed by atoms with Crippen LogP contribution in [0.1, 0.15) is 18.2 Å². The number of para-hydroxylation sites is 1. The standard InChI is InChI=1S/C13H13N5O2/c1-2-17-7-6-11(16-17)9-15-13-10(8-14)4-3-5-12(13)18(19)20/h3-7,15H,2,9H2,1H3. The lowest BCUT2D eigenvalue weighted by molar-refractivity contribution is -0.384. The van der Waals surface area contributed by atoms with Gasteiger partial charge in [0.15, 0.2) is 0 Å². The van der Waals surface area contributed by atoms with Gasteiger partial charge < -0.3 is 5.32 Å². The fraction of sp³-hybridized carbons (Fsp3) is 0.231. The molecule has 102 valence electrons. The number of nitrogens with zero attached hydrogens (tertiary/aromatic N) is 4. The highest BCUT2D eigenvalue weighted by Crippen LogP contribution is 2.28. The first-order valence-electron chi connectivity index (χ1n) is 6.09. The van der Waals surface area contributed by atoms with E-state index in [9.17, 15) is 10.1 Å². The number of nitro groups is 1. The number of nitrogens with one attached hydrogen (secondary N) is 1. The van der Waals surface area contributed by atoms with Gasteiger partial charge in [0, 0.05) is 18.8 Å². The molecule has 2 aromatic rings. The largest absolute Gasteiger partial charge is 0.373 e. The van der Waals surface area contributed by atoms with Gasteiger partial charge in [-0.2, -0.15) is 10.4 Å². The van der Waals surface area contributed by atoms with Gasteiger partial charge in [0.2, 0.25) is 0 Å². The van der Waals surface area contributed by atoms with Crippen LogP contribution in [0.3, 0.4) is 0 Å². The number of aromatic nitrogens is 2. The van der Waals surface area contributed by atoms with Crippen LogP contribution in [0.4, 0.5) is 11.4 Å². The van der Waals surface area contributed by atoms with E-state index in [1.807, 2.05) is 25.3 Å². The van der Waals surface area contributed by atoms with Gasteiger partial charge in [-0.05, 0) is 19.1 Å². The minimum Gasteiger partial charge on any atom is -0.373 e. The molecule has 20 heavy (non-hydrogen) atoms. The second-order valence-electron chi connectivity index (χ2n) is 4.08. The van der Waals surface area contributed by atoms with Crippen LogP contribution in [0.15, 0.2) is 30.5 Å². The molecular formula is C13H13N5O2. The fourth-order valence-electron chi connectivity index (χ4n) is 1.82. The summed E-state index contributed by atoms with van der Waals surface area (Å²) in [6.07, 6.45) is 1.83. The molecule has 0 saturated carbocycles. The fourth-order valence-corrected chi connectivity index (χ4v) is 1.82. The number of aryl methyl sites for hydroxylation is 1. The summed E-state index contributed by atoms with van der Waals surface area (Å²) >= 11 is 0. The Hall–Kier alpha value is -2.88. The Morgan fingerprint density at radius 2 is 2.30 bits per heavy atom. The van der Waals surface area contributed by atoms with Crippen molar-refractivity contribution in [3.8, 4) is 6.07 Å². The third-order valence-electron chi connectivity index (χ3n) is 2.83. The Kier molecular flexibility index (Phi) is 3.96. The SMILES string of the molecule is CCn1ccc(CNc2c(C#N)cccc2[N+](=O)[O-])n1. The Bertz CT molecular complexity index is 672. The molecule has 0 spiro atoms. The number of benzene rings is 1. The summed E-state index contributed by atoms with van der Waals surface area (Å²) in [6, 6.07) is 8.19. The molecule has 1 aromatic carbocycles. The number of rotatable bonds is 5.